The van der Waals surface area contributed by atoms with Gasteiger partial charge in [-0.15, -0.1) is 0 Å². The summed E-state index contributed by atoms with van der Waals surface area (Å²) in [5.41, 5.74) is 5.49. The second-order valence-corrected chi connectivity index (χ2v) is 6.77. The van der Waals surface area contributed by atoms with E-state index in [1.165, 1.54) is 89.9 Å². The summed E-state index contributed by atoms with van der Waals surface area (Å²) in [5, 5.41) is 0. The number of hydrogen-bond donors (Lipinski definition) is 1. The lowest BCUT2D eigenvalue weighted by Crippen LogP contribution is -2.02. The number of epoxide rings is 1. The summed E-state index contributed by atoms with van der Waals surface area (Å²) < 4.78 is 10.6. The second kappa shape index (κ2) is 15.8. The fourth-order valence-electron chi connectivity index (χ4n) is 2.85. The molecule has 1 rings (SSSR count). The molecule has 0 aromatic rings. The zero-order valence-corrected chi connectivity index (χ0v) is 14.7. The molecule has 0 spiro atoms. The molecule has 3 nitrogen and oxygen atoms in total. The zero-order valence-electron chi connectivity index (χ0n) is 14.7. The summed E-state index contributed by atoms with van der Waals surface area (Å²) in [6.45, 7) is 3.51. The lowest BCUT2D eigenvalue weighted by molar-refractivity contribution is 0.113. The van der Waals surface area contributed by atoms with Crippen LogP contribution in [0.5, 0.6) is 0 Å². The average Bonchev–Trinajstić information content (AvgIpc) is 3.34. The molecule has 22 heavy (non-hydrogen) atoms. The van der Waals surface area contributed by atoms with E-state index in [9.17, 15) is 0 Å². The normalized spacial score (nSPS) is 17.0. The SMILES string of the molecule is NCCCCCCCCCCCCCCCCOCC1CO1. The molecule has 0 aromatic heterocycles. The molecule has 0 amide bonds. The smallest absolute Gasteiger partial charge is 0.104 e. The Kier molecular flexibility index (Phi) is 14.3. The molecule has 0 aromatic carbocycles. The van der Waals surface area contributed by atoms with Crippen LogP contribution in [0.4, 0.5) is 0 Å². The summed E-state index contributed by atoms with van der Waals surface area (Å²) in [7, 11) is 0. The van der Waals surface area contributed by atoms with E-state index in [0.717, 1.165) is 26.4 Å². The van der Waals surface area contributed by atoms with Gasteiger partial charge in [0.1, 0.15) is 6.10 Å². The van der Waals surface area contributed by atoms with Crippen LogP contribution >= 0.6 is 0 Å². The maximum atomic E-state index is 5.54. The first kappa shape index (κ1) is 19.9. The number of unbranched alkanes of at least 4 members (excludes halogenated alkanes) is 13. The predicted molar refractivity (Wildman–Crippen MR) is 94.3 cm³/mol. The van der Waals surface area contributed by atoms with E-state index < -0.39 is 0 Å². The third kappa shape index (κ3) is 14.8. The van der Waals surface area contributed by atoms with Gasteiger partial charge in [0.05, 0.1) is 13.2 Å². The van der Waals surface area contributed by atoms with Crippen LogP contribution in [0.1, 0.15) is 89.9 Å². The van der Waals surface area contributed by atoms with Crippen molar-refractivity contribution in [3.63, 3.8) is 0 Å². The van der Waals surface area contributed by atoms with Crippen molar-refractivity contribution in [2.45, 2.75) is 96.0 Å². The van der Waals surface area contributed by atoms with Crippen molar-refractivity contribution in [3.05, 3.63) is 0 Å². The summed E-state index contributed by atoms with van der Waals surface area (Å²) in [5.74, 6) is 0. The Morgan fingerprint density at radius 2 is 1.09 bits per heavy atom. The highest BCUT2D eigenvalue weighted by Gasteiger charge is 2.21. The van der Waals surface area contributed by atoms with Crippen molar-refractivity contribution in [1.82, 2.24) is 0 Å². The summed E-state index contributed by atoms with van der Waals surface area (Å²) >= 11 is 0. The highest BCUT2D eigenvalue weighted by molar-refractivity contribution is 4.66. The lowest BCUT2D eigenvalue weighted by Gasteiger charge is -2.04. The van der Waals surface area contributed by atoms with Crippen molar-refractivity contribution in [2.75, 3.05) is 26.4 Å². The monoisotopic (exact) mass is 313 g/mol. The van der Waals surface area contributed by atoms with Gasteiger partial charge < -0.3 is 15.2 Å². The lowest BCUT2D eigenvalue weighted by atomic mass is 10.0. The maximum absolute atomic E-state index is 5.54. The largest absolute Gasteiger partial charge is 0.379 e. The quantitative estimate of drug-likeness (QED) is 0.291. The van der Waals surface area contributed by atoms with Gasteiger partial charge in [-0.3, -0.25) is 0 Å². The van der Waals surface area contributed by atoms with Gasteiger partial charge in [0.25, 0.3) is 0 Å². The van der Waals surface area contributed by atoms with Crippen LogP contribution in [0.25, 0.3) is 0 Å². The van der Waals surface area contributed by atoms with E-state index >= 15 is 0 Å². The number of rotatable bonds is 18. The van der Waals surface area contributed by atoms with Crippen LogP contribution in [0, 0.1) is 0 Å². The van der Waals surface area contributed by atoms with Crippen LogP contribution < -0.4 is 5.73 Å². The Morgan fingerprint density at radius 3 is 1.50 bits per heavy atom. The predicted octanol–water partition coefficient (Wildman–Crippen LogP) is 4.82. The molecule has 1 atom stereocenters. The van der Waals surface area contributed by atoms with Crippen LogP contribution in [0.2, 0.25) is 0 Å². The summed E-state index contributed by atoms with van der Waals surface area (Å²) in [4.78, 5) is 0. The van der Waals surface area contributed by atoms with Crippen molar-refractivity contribution in [2.24, 2.45) is 5.73 Å². The molecule has 0 radical (unpaired) electrons. The minimum absolute atomic E-state index is 0.422. The average molecular weight is 314 g/mol. The van der Waals surface area contributed by atoms with Crippen molar-refractivity contribution < 1.29 is 9.47 Å². The first-order chi connectivity index (χ1) is 10.9. The third-order valence-electron chi connectivity index (χ3n) is 4.45. The molecule has 1 unspecified atom stereocenters. The van der Waals surface area contributed by atoms with Gasteiger partial charge >= 0.3 is 0 Å². The second-order valence-electron chi connectivity index (χ2n) is 6.77. The van der Waals surface area contributed by atoms with E-state index in [2.05, 4.69) is 0 Å². The highest BCUT2D eigenvalue weighted by Crippen LogP contribution is 2.13. The highest BCUT2D eigenvalue weighted by atomic mass is 16.6. The fraction of sp³-hybridized carbons (Fsp3) is 1.00. The minimum atomic E-state index is 0.422. The fourth-order valence-corrected chi connectivity index (χ4v) is 2.85. The van der Waals surface area contributed by atoms with Gasteiger partial charge in [0, 0.05) is 6.61 Å². The Labute approximate surface area is 138 Å². The number of nitrogens with two attached hydrogens (primary N) is 1. The van der Waals surface area contributed by atoms with Gasteiger partial charge in [0.15, 0.2) is 0 Å². The van der Waals surface area contributed by atoms with Crippen molar-refractivity contribution in [3.8, 4) is 0 Å². The number of ether oxygens (including phenoxy) is 2. The molecule has 0 bridgehead atoms. The topological polar surface area (TPSA) is 47.8 Å². The number of hydrogen-bond acceptors (Lipinski definition) is 3. The Balaban J connectivity index is 1.59. The molecule has 0 aliphatic carbocycles. The molecule has 2 N–H and O–H groups in total. The summed E-state index contributed by atoms with van der Waals surface area (Å²) in [6, 6.07) is 0. The Bertz CT molecular complexity index is 219. The molecular weight excluding hydrogens is 274 g/mol. The van der Waals surface area contributed by atoms with Gasteiger partial charge in [-0.2, -0.15) is 0 Å². The third-order valence-corrected chi connectivity index (χ3v) is 4.45. The minimum Gasteiger partial charge on any atom is -0.379 e. The molecular formula is C19H39NO2. The van der Waals surface area contributed by atoms with Gasteiger partial charge in [-0.1, -0.05) is 77.0 Å². The van der Waals surface area contributed by atoms with E-state index in [1.54, 1.807) is 0 Å². The van der Waals surface area contributed by atoms with E-state index in [0.29, 0.717) is 6.10 Å². The van der Waals surface area contributed by atoms with Crippen LogP contribution in [-0.4, -0.2) is 32.5 Å². The molecule has 1 heterocycles. The zero-order chi connectivity index (χ0) is 15.7. The molecule has 1 fully saturated rings. The first-order valence-electron chi connectivity index (χ1n) is 9.83. The standard InChI is InChI=1S/C19H39NO2/c20-15-13-11-9-7-5-3-1-2-4-6-8-10-12-14-16-21-17-19-18-22-19/h19H,1-18,20H2. The Hall–Kier alpha value is -0.120. The first-order valence-corrected chi connectivity index (χ1v) is 9.83. The molecule has 1 saturated heterocycles. The van der Waals surface area contributed by atoms with Gasteiger partial charge in [-0.05, 0) is 19.4 Å². The Morgan fingerprint density at radius 1 is 0.682 bits per heavy atom. The molecule has 0 saturated carbocycles. The van der Waals surface area contributed by atoms with Crippen molar-refractivity contribution >= 4 is 0 Å². The van der Waals surface area contributed by atoms with Crippen molar-refractivity contribution in [1.29, 1.82) is 0 Å². The van der Waals surface area contributed by atoms with Gasteiger partial charge in [0.2, 0.25) is 0 Å². The van der Waals surface area contributed by atoms with E-state index in [-0.39, 0.29) is 0 Å². The maximum Gasteiger partial charge on any atom is 0.104 e. The molecule has 1 aliphatic heterocycles. The molecule has 1 aliphatic rings. The van der Waals surface area contributed by atoms with Gasteiger partial charge in [-0.25, -0.2) is 0 Å². The van der Waals surface area contributed by atoms with Crippen LogP contribution in [0.15, 0.2) is 0 Å². The molecule has 132 valence electrons. The van der Waals surface area contributed by atoms with Crippen LogP contribution in [0.3, 0.4) is 0 Å². The van der Waals surface area contributed by atoms with E-state index in [4.69, 9.17) is 15.2 Å². The van der Waals surface area contributed by atoms with E-state index in [1.807, 2.05) is 0 Å². The van der Waals surface area contributed by atoms with Crippen LogP contribution in [-0.2, 0) is 9.47 Å². The summed E-state index contributed by atoms with van der Waals surface area (Å²) in [6.07, 6.45) is 19.7. The molecule has 3 heteroatoms.